The molecule has 0 aromatic heterocycles. The van der Waals surface area contributed by atoms with Crippen LogP contribution in [0.1, 0.15) is 12.0 Å². The number of rotatable bonds is 2. The predicted molar refractivity (Wildman–Crippen MR) is 75.8 cm³/mol. The summed E-state index contributed by atoms with van der Waals surface area (Å²) in [7, 11) is -1.48. The maximum absolute atomic E-state index is 12.3. The van der Waals surface area contributed by atoms with Crippen molar-refractivity contribution >= 4 is 21.4 Å². The molecule has 0 spiro atoms. The first kappa shape index (κ1) is 13.4. The predicted octanol–water partition coefficient (Wildman–Crippen LogP) is 1.15. The van der Waals surface area contributed by atoms with Gasteiger partial charge in [0.2, 0.25) is 5.91 Å². The number of benzene rings is 1. The summed E-state index contributed by atoms with van der Waals surface area (Å²) in [5, 5.41) is 0. The molecule has 0 radical (unpaired) electrons. The third-order valence-corrected chi connectivity index (χ3v) is 5.85. The third kappa shape index (κ3) is 2.08. The number of fused-ring (bicyclic) bond motifs is 1. The zero-order valence-electron chi connectivity index (χ0n) is 11.5. The molecule has 2 fully saturated rings. The van der Waals surface area contributed by atoms with Gasteiger partial charge in [0.1, 0.15) is 5.75 Å². The fraction of sp³-hybridized carbons (Fsp3) is 0.500. The van der Waals surface area contributed by atoms with Crippen molar-refractivity contribution in [3.05, 3.63) is 23.8 Å². The zero-order valence-corrected chi connectivity index (χ0v) is 12.3. The lowest BCUT2D eigenvalue weighted by molar-refractivity contribution is -0.117. The molecular formula is C14H17NO4S. The highest BCUT2D eigenvalue weighted by atomic mass is 32.2. The molecule has 0 bridgehead atoms. The number of ether oxygens (including phenoxy) is 1. The van der Waals surface area contributed by atoms with Gasteiger partial charge in [-0.05, 0) is 24.6 Å². The average Bonchev–Trinajstić information content (AvgIpc) is 2.79. The van der Waals surface area contributed by atoms with Gasteiger partial charge in [-0.15, -0.1) is 0 Å². The number of methoxy groups -OCH3 is 1. The molecule has 2 atom stereocenters. The minimum Gasteiger partial charge on any atom is -0.495 e. The molecule has 6 heteroatoms. The van der Waals surface area contributed by atoms with Crippen molar-refractivity contribution in [2.75, 3.05) is 23.5 Å². The summed E-state index contributed by atoms with van der Waals surface area (Å²) in [4.78, 5) is 13.9. The number of amides is 1. The van der Waals surface area contributed by atoms with Crippen molar-refractivity contribution in [1.82, 2.24) is 0 Å². The Kier molecular flexibility index (Phi) is 3.01. The summed E-state index contributed by atoms with van der Waals surface area (Å²) in [6, 6.07) is 5.35. The standard InChI is InChI=1S/C14H17NO4S/c1-9-3-4-13(19-2)11(5-9)15-12-8-20(17,18)7-10(12)6-14(15)16/h3-5,10,12H,6-8H2,1-2H3. The van der Waals surface area contributed by atoms with E-state index >= 15 is 0 Å². The molecule has 2 aliphatic heterocycles. The Hall–Kier alpha value is -1.56. The van der Waals surface area contributed by atoms with E-state index in [1.54, 1.807) is 12.0 Å². The number of sulfone groups is 1. The summed E-state index contributed by atoms with van der Waals surface area (Å²) in [6.45, 7) is 1.94. The van der Waals surface area contributed by atoms with E-state index in [0.717, 1.165) is 5.56 Å². The Morgan fingerprint density at radius 2 is 2.05 bits per heavy atom. The molecule has 1 aromatic carbocycles. The van der Waals surface area contributed by atoms with Gasteiger partial charge < -0.3 is 9.64 Å². The maximum atomic E-state index is 12.3. The quantitative estimate of drug-likeness (QED) is 0.821. The molecule has 5 nitrogen and oxygen atoms in total. The van der Waals surface area contributed by atoms with Crippen LogP contribution < -0.4 is 9.64 Å². The number of anilines is 1. The number of hydrogen-bond donors (Lipinski definition) is 0. The van der Waals surface area contributed by atoms with Crippen LogP contribution in [0.4, 0.5) is 5.69 Å². The SMILES string of the molecule is COc1ccc(C)cc1N1C(=O)CC2CS(=O)(=O)CC21. The van der Waals surface area contributed by atoms with Gasteiger partial charge in [0.05, 0.1) is 30.3 Å². The van der Waals surface area contributed by atoms with Crippen molar-refractivity contribution < 1.29 is 17.9 Å². The Morgan fingerprint density at radius 3 is 2.75 bits per heavy atom. The first-order valence-electron chi connectivity index (χ1n) is 6.58. The third-order valence-electron chi connectivity index (χ3n) is 4.07. The van der Waals surface area contributed by atoms with Crippen molar-refractivity contribution in [1.29, 1.82) is 0 Å². The van der Waals surface area contributed by atoms with E-state index in [1.807, 2.05) is 25.1 Å². The maximum Gasteiger partial charge on any atom is 0.227 e. The first-order chi connectivity index (χ1) is 9.41. The zero-order chi connectivity index (χ0) is 14.5. The monoisotopic (exact) mass is 295 g/mol. The molecule has 0 N–H and O–H groups in total. The van der Waals surface area contributed by atoms with Gasteiger partial charge in [-0.1, -0.05) is 6.07 Å². The lowest BCUT2D eigenvalue weighted by atomic mass is 10.0. The van der Waals surface area contributed by atoms with Crippen molar-refractivity contribution in [3.63, 3.8) is 0 Å². The van der Waals surface area contributed by atoms with Crippen LogP contribution in [0.5, 0.6) is 5.75 Å². The van der Waals surface area contributed by atoms with Crippen LogP contribution in [0.25, 0.3) is 0 Å². The van der Waals surface area contributed by atoms with Gasteiger partial charge in [-0.3, -0.25) is 4.79 Å². The summed E-state index contributed by atoms with van der Waals surface area (Å²) in [5.74, 6) is 0.680. The molecule has 2 aliphatic rings. The van der Waals surface area contributed by atoms with Crippen LogP contribution >= 0.6 is 0 Å². The average molecular weight is 295 g/mol. The fourth-order valence-corrected chi connectivity index (χ4v) is 5.26. The van der Waals surface area contributed by atoms with E-state index in [4.69, 9.17) is 4.74 Å². The van der Waals surface area contributed by atoms with Gasteiger partial charge in [-0.25, -0.2) is 8.42 Å². The fourth-order valence-electron chi connectivity index (χ4n) is 3.19. The van der Waals surface area contributed by atoms with Crippen molar-refractivity contribution in [2.45, 2.75) is 19.4 Å². The topological polar surface area (TPSA) is 63.7 Å². The Labute approximate surface area is 118 Å². The molecule has 2 saturated heterocycles. The second kappa shape index (κ2) is 4.48. The first-order valence-corrected chi connectivity index (χ1v) is 8.40. The van der Waals surface area contributed by atoms with Gasteiger partial charge in [0.15, 0.2) is 9.84 Å². The number of carbonyl (C=O) groups excluding carboxylic acids is 1. The van der Waals surface area contributed by atoms with Gasteiger partial charge in [0, 0.05) is 12.3 Å². The summed E-state index contributed by atoms with van der Waals surface area (Å²) < 4.78 is 28.9. The highest BCUT2D eigenvalue weighted by Crippen LogP contribution is 2.41. The molecule has 1 aromatic rings. The molecule has 2 heterocycles. The largest absolute Gasteiger partial charge is 0.495 e. The molecule has 1 amide bonds. The minimum atomic E-state index is -3.03. The molecule has 3 rings (SSSR count). The van der Waals surface area contributed by atoms with Crippen molar-refractivity contribution in [3.8, 4) is 5.75 Å². The molecule has 0 aliphatic carbocycles. The van der Waals surface area contributed by atoms with E-state index in [2.05, 4.69) is 0 Å². The van der Waals surface area contributed by atoms with Gasteiger partial charge in [0.25, 0.3) is 0 Å². The summed E-state index contributed by atoms with van der Waals surface area (Å²) in [5.41, 5.74) is 1.69. The van der Waals surface area contributed by atoms with E-state index in [9.17, 15) is 13.2 Å². The van der Waals surface area contributed by atoms with Crippen LogP contribution in [0.3, 0.4) is 0 Å². The second-order valence-corrected chi connectivity index (χ2v) is 7.70. The van der Waals surface area contributed by atoms with E-state index in [-0.39, 0.29) is 29.4 Å². The summed E-state index contributed by atoms with van der Waals surface area (Å²) in [6.07, 6.45) is 0.307. The van der Waals surface area contributed by atoms with Gasteiger partial charge >= 0.3 is 0 Å². The minimum absolute atomic E-state index is 0.0150. The Bertz CT molecular complexity index is 668. The van der Waals surface area contributed by atoms with Crippen LogP contribution in [-0.4, -0.2) is 39.0 Å². The smallest absolute Gasteiger partial charge is 0.227 e. The van der Waals surface area contributed by atoms with E-state index in [0.29, 0.717) is 17.9 Å². The van der Waals surface area contributed by atoms with Crippen LogP contribution in [-0.2, 0) is 14.6 Å². The van der Waals surface area contributed by atoms with Crippen LogP contribution in [0.2, 0.25) is 0 Å². The normalized spacial score (nSPS) is 27.7. The van der Waals surface area contributed by atoms with Crippen LogP contribution in [0.15, 0.2) is 18.2 Å². The highest BCUT2D eigenvalue weighted by Gasteiger charge is 2.49. The van der Waals surface area contributed by atoms with E-state index < -0.39 is 9.84 Å². The molecule has 2 unspecified atom stereocenters. The van der Waals surface area contributed by atoms with Crippen LogP contribution in [0, 0.1) is 12.8 Å². The molecule has 20 heavy (non-hydrogen) atoms. The Balaban J connectivity index is 2.05. The lowest BCUT2D eigenvalue weighted by Crippen LogP contribution is -2.36. The lowest BCUT2D eigenvalue weighted by Gasteiger charge is -2.25. The number of carbonyl (C=O) groups is 1. The highest BCUT2D eigenvalue weighted by molar-refractivity contribution is 7.91. The number of aryl methyl sites for hydroxylation is 1. The molecule has 108 valence electrons. The van der Waals surface area contributed by atoms with Crippen molar-refractivity contribution in [2.24, 2.45) is 5.92 Å². The van der Waals surface area contributed by atoms with E-state index in [1.165, 1.54) is 0 Å². The molecular weight excluding hydrogens is 278 g/mol. The second-order valence-electron chi connectivity index (χ2n) is 5.55. The summed E-state index contributed by atoms with van der Waals surface area (Å²) >= 11 is 0. The number of hydrogen-bond acceptors (Lipinski definition) is 4. The molecule has 0 saturated carbocycles. The Morgan fingerprint density at radius 1 is 1.30 bits per heavy atom. The van der Waals surface area contributed by atoms with Gasteiger partial charge in [-0.2, -0.15) is 0 Å². The number of nitrogens with zero attached hydrogens (tertiary/aromatic N) is 1.